The number of nitrogens with zero attached hydrogens (tertiary/aromatic N) is 5. The number of tetrazole rings is 1. The van der Waals surface area contributed by atoms with Crippen LogP contribution in [0, 0.1) is 0 Å². The third-order valence-electron chi connectivity index (χ3n) is 5.52. The van der Waals surface area contributed by atoms with E-state index in [1.807, 2.05) is 52.0 Å². The quantitative estimate of drug-likeness (QED) is 0.684. The molecule has 2 fully saturated rings. The van der Waals surface area contributed by atoms with E-state index in [0.717, 1.165) is 42.8 Å². The second kappa shape index (κ2) is 7.70. The average Bonchev–Trinajstić information content (AvgIpc) is 3.36. The van der Waals surface area contributed by atoms with Crippen LogP contribution in [0.1, 0.15) is 47.6 Å². The van der Waals surface area contributed by atoms with Crippen molar-refractivity contribution >= 4 is 17.5 Å². The number of amides is 2. The van der Waals surface area contributed by atoms with Crippen molar-refractivity contribution in [2.24, 2.45) is 0 Å². The van der Waals surface area contributed by atoms with Crippen molar-refractivity contribution in [2.45, 2.75) is 38.3 Å². The van der Waals surface area contributed by atoms with Crippen molar-refractivity contribution in [1.82, 2.24) is 25.1 Å². The fraction of sp³-hybridized carbons (Fsp3) is 0.318. The Bertz CT molecular complexity index is 1090. The molecule has 0 bridgehead atoms. The molecule has 5 rings (SSSR count). The highest BCUT2D eigenvalue weighted by Crippen LogP contribution is 2.36. The Balaban J connectivity index is 1.26. The molecule has 3 aromatic rings. The largest absolute Gasteiger partial charge is 0.338 e. The van der Waals surface area contributed by atoms with Gasteiger partial charge in [0.2, 0.25) is 5.91 Å². The Hall–Kier alpha value is -3.55. The lowest BCUT2D eigenvalue weighted by Gasteiger charge is -2.16. The van der Waals surface area contributed by atoms with Gasteiger partial charge in [-0.15, -0.1) is 5.10 Å². The van der Waals surface area contributed by atoms with E-state index in [2.05, 4.69) is 20.8 Å². The van der Waals surface area contributed by atoms with E-state index in [1.54, 1.807) is 6.07 Å². The third kappa shape index (κ3) is 3.80. The molecule has 2 aromatic carbocycles. The fourth-order valence-corrected chi connectivity index (χ4v) is 3.76. The van der Waals surface area contributed by atoms with E-state index in [1.165, 1.54) is 0 Å². The molecule has 1 aliphatic carbocycles. The normalized spacial score (nSPS) is 16.1. The van der Waals surface area contributed by atoms with Crippen LogP contribution < -0.4 is 5.32 Å². The van der Waals surface area contributed by atoms with Gasteiger partial charge in [0, 0.05) is 36.3 Å². The molecule has 1 N–H and O–H groups in total. The predicted octanol–water partition coefficient (Wildman–Crippen LogP) is 3.05. The van der Waals surface area contributed by atoms with Crippen LogP contribution in [0.3, 0.4) is 0 Å². The molecule has 8 heteroatoms. The molecular weight excluding hydrogens is 380 g/mol. The maximum atomic E-state index is 12.7. The van der Waals surface area contributed by atoms with E-state index in [9.17, 15) is 9.59 Å². The third-order valence-corrected chi connectivity index (χ3v) is 5.52. The smallest absolute Gasteiger partial charge is 0.255 e. The first-order valence-electron chi connectivity index (χ1n) is 10.2. The molecule has 0 atom stereocenters. The summed E-state index contributed by atoms with van der Waals surface area (Å²) in [6.07, 6.45) is 3.74. The van der Waals surface area contributed by atoms with Crippen molar-refractivity contribution in [3.8, 4) is 11.4 Å². The van der Waals surface area contributed by atoms with Crippen LogP contribution in [0.5, 0.6) is 0 Å². The first kappa shape index (κ1) is 18.5. The number of benzene rings is 2. The van der Waals surface area contributed by atoms with E-state index >= 15 is 0 Å². The molecule has 0 spiro atoms. The van der Waals surface area contributed by atoms with Crippen molar-refractivity contribution in [3.63, 3.8) is 0 Å². The first-order chi connectivity index (χ1) is 14.7. The fourth-order valence-electron chi connectivity index (χ4n) is 3.76. The summed E-state index contributed by atoms with van der Waals surface area (Å²) in [7, 11) is 0. The number of rotatable bonds is 6. The number of hydrogen-bond donors (Lipinski definition) is 1. The molecule has 152 valence electrons. The number of likely N-dealkylation sites (tertiary alicyclic amines) is 1. The van der Waals surface area contributed by atoms with Gasteiger partial charge in [-0.2, -0.15) is 0 Å². The summed E-state index contributed by atoms with van der Waals surface area (Å²) < 4.78 is 1.87. The van der Waals surface area contributed by atoms with Crippen LogP contribution in [-0.2, 0) is 11.3 Å². The van der Waals surface area contributed by atoms with Crippen LogP contribution in [0.15, 0.2) is 48.5 Å². The molecule has 1 saturated heterocycles. The summed E-state index contributed by atoms with van der Waals surface area (Å²) in [4.78, 5) is 26.4. The second-order valence-corrected chi connectivity index (χ2v) is 7.83. The first-order valence-corrected chi connectivity index (χ1v) is 10.2. The highest BCUT2D eigenvalue weighted by molar-refractivity contribution is 6.04. The van der Waals surface area contributed by atoms with Crippen molar-refractivity contribution in [2.75, 3.05) is 11.9 Å². The minimum atomic E-state index is -0.180. The van der Waals surface area contributed by atoms with Crippen LogP contribution >= 0.6 is 0 Å². The highest BCUT2D eigenvalue weighted by atomic mass is 16.2. The van der Waals surface area contributed by atoms with Gasteiger partial charge in [-0.25, -0.2) is 4.68 Å². The number of hydrogen-bond acceptors (Lipinski definition) is 5. The molecule has 0 unspecified atom stereocenters. The number of aromatic nitrogens is 4. The van der Waals surface area contributed by atoms with Crippen molar-refractivity contribution in [1.29, 1.82) is 0 Å². The van der Waals surface area contributed by atoms with Gasteiger partial charge in [-0.05, 0) is 71.7 Å². The maximum absolute atomic E-state index is 12.7. The average molecular weight is 402 g/mol. The van der Waals surface area contributed by atoms with Crippen LogP contribution in [0.25, 0.3) is 11.4 Å². The minimum Gasteiger partial charge on any atom is -0.338 e. The molecule has 2 aliphatic rings. The predicted molar refractivity (Wildman–Crippen MR) is 111 cm³/mol. The van der Waals surface area contributed by atoms with Gasteiger partial charge in [0.05, 0.1) is 6.04 Å². The monoisotopic (exact) mass is 402 g/mol. The Morgan fingerprint density at radius 3 is 2.70 bits per heavy atom. The summed E-state index contributed by atoms with van der Waals surface area (Å²) in [5, 5.41) is 14.9. The molecule has 0 radical (unpaired) electrons. The van der Waals surface area contributed by atoms with Crippen LogP contribution in [-0.4, -0.2) is 43.5 Å². The number of carbonyl (C=O) groups is 2. The van der Waals surface area contributed by atoms with Gasteiger partial charge in [-0.1, -0.05) is 12.1 Å². The van der Waals surface area contributed by atoms with E-state index in [4.69, 9.17) is 0 Å². The highest BCUT2D eigenvalue weighted by Gasteiger charge is 2.28. The molecule has 8 nitrogen and oxygen atoms in total. The van der Waals surface area contributed by atoms with Crippen molar-refractivity contribution in [3.05, 3.63) is 59.7 Å². The lowest BCUT2D eigenvalue weighted by atomic mass is 10.1. The summed E-state index contributed by atoms with van der Waals surface area (Å²) in [5.41, 5.74) is 3.15. The lowest BCUT2D eigenvalue weighted by molar-refractivity contribution is -0.128. The van der Waals surface area contributed by atoms with E-state index in [-0.39, 0.29) is 11.8 Å². The molecular formula is C22H22N6O2. The van der Waals surface area contributed by atoms with Gasteiger partial charge in [0.15, 0.2) is 5.82 Å². The molecule has 2 heterocycles. The molecule has 1 saturated carbocycles. The Morgan fingerprint density at radius 2 is 1.97 bits per heavy atom. The topological polar surface area (TPSA) is 93.0 Å². The zero-order valence-electron chi connectivity index (χ0n) is 16.5. The molecule has 30 heavy (non-hydrogen) atoms. The van der Waals surface area contributed by atoms with E-state index in [0.29, 0.717) is 30.3 Å². The number of anilines is 1. The molecule has 1 aliphatic heterocycles. The van der Waals surface area contributed by atoms with Gasteiger partial charge >= 0.3 is 0 Å². The van der Waals surface area contributed by atoms with Gasteiger partial charge < -0.3 is 10.2 Å². The summed E-state index contributed by atoms with van der Waals surface area (Å²) in [6.45, 7) is 1.33. The zero-order chi connectivity index (χ0) is 20.5. The zero-order valence-corrected chi connectivity index (χ0v) is 16.5. The van der Waals surface area contributed by atoms with Gasteiger partial charge in [-0.3, -0.25) is 9.59 Å². The number of carbonyl (C=O) groups excluding carboxylic acids is 2. The molecule has 1 aromatic heterocycles. The minimum absolute atomic E-state index is 0.178. The van der Waals surface area contributed by atoms with Crippen LogP contribution in [0.4, 0.5) is 5.69 Å². The Morgan fingerprint density at radius 1 is 1.13 bits per heavy atom. The standard InChI is InChI=1S/C22H22N6O2/c29-20-5-2-12-27(20)14-15-3-1-4-17(13-15)22(30)23-18-8-6-16(7-9-18)21-24-25-26-28(21)19-10-11-19/h1,3-4,6-9,13,19H,2,5,10-12,14H2,(H,23,30). The van der Waals surface area contributed by atoms with Gasteiger partial charge in [0.1, 0.15) is 0 Å². The Labute approximate surface area is 173 Å². The Kier molecular flexibility index (Phi) is 4.74. The van der Waals surface area contributed by atoms with Gasteiger partial charge in [0.25, 0.3) is 5.91 Å². The van der Waals surface area contributed by atoms with E-state index < -0.39 is 0 Å². The van der Waals surface area contributed by atoms with Crippen molar-refractivity contribution < 1.29 is 9.59 Å². The molecule has 2 amide bonds. The second-order valence-electron chi connectivity index (χ2n) is 7.83. The lowest BCUT2D eigenvalue weighted by Crippen LogP contribution is -2.24. The van der Waals surface area contributed by atoms with Crippen LogP contribution in [0.2, 0.25) is 0 Å². The SMILES string of the molecule is O=C(Nc1ccc(-c2nnnn2C2CC2)cc1)c1cccc(CN2CCCC2=O)c1. The summed E-state index contributed by atoms with van der Waals surface area (Å²) in [5.74, 6) is 0.748. The summed E-state index contributed by atoms with van der Waals surface area (Å²) >= 11 is 0. The number of nitrogens with one attached hydrogen (secondary N) is 1. The maximum Gasteiger partial charge on any atom is 0.255 e. The summed E-state index contributed by atoms with van der Waals surface area (Å²) in [6, 6.07) is 15.4.